The molecule has 124 valence electrons. The Balaban J connectivity index is 1.63. The first kappa shape index (κ1) is 14.8. The molecule has 0 bridgehead atoms. The third kappa shape index (κ3) is 2.47. The summed E-state index contributed by atoms with van der Waals surface area (Å²) >= 11 is 0. The molecule has 1 aromatic rings. The molecule has 23 heavy (non-hydrogen) atoms. The number of hydrogen-bond acceptors (Lipinski definition) is 4. The SMILES string of the molecule is COC(=O)N1CCCC2CN3CCc4cc(O)ccc4C3CC21. The van der Waals surface area contributed by atoms with Crippen LogP contribution in [0.2, 0.25) is 0 Å². The maximum absolute atomic E-state index is 12.1. The van der Waals surface area contributed by atoms with Crippen molar-refractivity contribution in [1.82, 2.24) is 9.80 Å². The molecule has 0 saturated carbocycles. The third-order valence-corrected chi connectivity index (χ3v) is 5.86. The molecule has 3 aliphatic rings. The van der Waals surface area contributed by atoms with E-state index in [2.05, 4.69) is 11.0 Å². The van der Waals surface area contributed by atoms with Crippen LogP contribution in [0.4, 0.5) is 4.79 Å². The first-order valence-electron chi connectivity index (χ1n) is 8.58. The number of amides is 1. The van der Waals surface area contributed by atoms with Crippen molar-refractivity contribution in [3.63, 3.8) is 0 Å². The molecule has 3 heterocycles. The number of nitrogens with zero attached hydrogens (tertiary/aromatic N) is 2. The molecule has 3 unspecified atom stereocenters. The molecule has 2 saturated heterocycles. The van der Waals surface area contributed by atoms with Gasteiger partial charge in [0, 0.05) is 31.7 Å². The Bertz CT molecular complexity index is 618. The zero-order valence-electron chi connectivity index (χ0n) is 13.6. The van der Waals surface area contributed by atoms with E-state index in [0.717, 1.165) is 38.9 Å². The largest absolute Gasteiger partial charge is 0.508 e. The second-order valence-corrected chi connectivity index (χ2v) is 7.01. The third-order valence-electron chi connectivity index (χ3n) is 5.86. The van der Waals surface area contributed by atoms with E-state index in [0.29, 0.717) is 17.7 Å². The summed E-state index contributed by atoms with van der Waals surface area (Å²) in [6.45, 7) is 2.91. The summed E-state index contributed by atoms with van der Waals surface area (Å²) in [5.41, 5.74) is 2.58. The molecule has 3 aliphatic heterocycles. The van der Waals surface area contributed by atoms with Crippen LogP contribution in [0.25, 0.3) is 0 Å². The highest BCUT2D eigenvalue weighted by molar-refractivity contribution is 5.68. The Morgan fingerprint density at radius 1 is 1.35 bits per heavy atom. The summed E-state index contributed by atoms with van der Waals surface area (Å²) < 4.78 is 5.00. The fourth-order valence-electron chi connectivity index (χ4n) is 4.79. The summed E-state index contributed by atoms with van der Waals surface area (Å²) in [6.07, 6.45) is 4.05. The normalized spacial score (nSPS) is 30.1. The van der Waals surface area contributed by atoms with E-state index in [1.807, 2.05) is 11.0 Å². The monoisotopic (exact) mass is 316 g/mol. The fraction of sp³-hybridized carbons (Fsp3) is 0.611. The van der Waals surface area contributed by atoms with Crippen molar-refractivity contribution < 1.29 is 14.6 Å². The van der Waals surface area contributed by atoms with Crippen molar-refractivity contribution in [2.45, 2.75) is 37.8 Å². The van der Waals surface area contributed by atoms with E-state index in [1.54, 1.807) is 6.07 Å². The minimum Gasteiger partial charge on any atom is -0.508 e. The van der Waals surface area contributed by atoms with Gasteiger partial charge in [0.15, 0.2) is 0 Å². The average Bonchev–Trinajstić information content (AvgIpc) is 2.58. The number of likely N-dealkylation sites (tertiary alicyclic amines) is 1. The molecule has 3 atom stereocenters. The van der Waals surface area contributed by atoms with Crippen molar-refractivity contribution in [2.24, 2.45) is 5.92 Å². The van der Waals surface area contributed by atoms with Gasteiger partial charge in [-0.3, -0.25) is 4.90 Å². The van der Waals surface area contributed by atoms with Gasteiger partial charge in [-0.2, -0.15) is 0 Å². The van der Waals surface area contributed by atoms with Crippen molar-refractivity contribution in [3.8, 4) is 5.75 Å². The van der Waals surface area contributed by atoms with Crippen molar-refractivity contribution in [1.29, 1.82) is 0 Å². The number of carbonyl (C=O) groups is 1. The lowest BCUT2D eigenvalue weighted by Gasteiger charge is -2.51. The average molecular weight is 316 g/mol. The van der Waals surface area contributed by atoms with Crippen LogP contribution in [0.5, 0.6) is 5.75 Å². The number of fused-ring (bicyclic) bond motifs is 4. The summed E-state index contributed by atoms with van der Waals surface area (Å²) in [4.78, 5) is 16.6. The van der Waals surface area contributed by atoms with Gasteiger partial charge in [-0.1, -0.05) is 6.07 Å². The summed E-state index contributed by atoms with van der Waals surface area (Å²) in [5.74, 6) is 0.900. The van der Waals surface area contributed by atoms with Crippen LogP contribution in [-0.4, -0.2) is 53.8 Å². The van der Waals surface area contributed by atoms with Gasteiger partial charge < -0.3 is 14.7 Å². The number of ether oxygens (including phenoxy) is 1. The second kappa shape index (κ2) is 5.71. The minimum atomic E-state index is -0.185. The zero-order chi connectivity index (χ0) is 16.0. The maximum Gasteiger partial charge on any atom is 0.409 e. The number of carbonyl (C=O) groups excluding carboxylic acids is 1. The number of rotatable bonds is 0. The molecule has 0 aliphatic carbocycles. The molecule has 0 aromatic heterocycles. The molecule has 0 radical (unpaired) electrons. The van der Waals surface area contributed by atoms with Gasteiger partial charge in [0.1, 0.15) is 5.75 Å². The van der Waals surface area contributed by atoms with Gasteiger partial charge in [0.2, 0.25) is 0 Å². The highest BCUT2D eigenvalue weighted by Gasteiger charge is 2.44. The Morgan fingerprint density at radius 3 is 3.04 bits per heavy atom. The van der Waals surface area contributed by atoms with Gasteiger partial charge in [-0.25, -0.2) is 4.79 Å². The Morgan fingerprint density at radius 2 is 2.22 bits per heavy atom. The summed E-state index contributed by atoms with van der Waals surface area (Å²) in [6, 6.07) is 6.38. The highest BCUT2D eigenvalue weighted by Crippen LogP contribution is 2.43. The van der Waals surface area contributed by atoms with E-state index < -0.39 is 0 Å². The molecule has 4 rings (SSSR count). The summed E-state index contributed by atoms with van der Waals surface area (Å²) in [5, 5.41) is 9.74. The topological polar surface area (TPSA) is 53.0 Å². The zero-order valence-corrected chi connectivity index (χ0v) is 13.6. The molecular formula is C18H24N2O3. The van der Waals surface area contributed by atoms with Gasteiger partial charge in [0.25, 0.3) is 0 Å². The minimum absolute atomic E-state index is 0.185. The van der Waals surface area contributed by atoms with Crippen molar-refractivity contribution in [3.05, 3.63) is 29.3 Å². The number of phenolic OH excluding ortho intramolecular Hbond substituents is 1. The van der Waals surface area contributed by atoms with Crippen LogP contribution in [0, 0.1) is 5.92 Å². The number of benzene rings is 1. The van der Waals surface area contributed by atoms with E-state index in [4.69, 9.17) is 4.74 Å². The van der Waals surface area contributed by atoms with Crippen molar-refractivity contribution >= 4 is 6.09 Å². The smallest absolute Gasteiger partial charge is 0.409 e. The lowest BCUT2D eigenvalue weighted by atomic mass is 9.77. The predicted octanol–water partition coefficient (Wildman–Crippen LogP) is 2.54. The molecule has 5 heteroatoms. The quantitative estimate of drug-likeness (QED) is 0.799. The van der Waals surface area contributed by atoms with Gasteiger partial charge in [-0.05, 0) is 54.9 Å². The van der Waals surface area contributed by atoms with E-state index in [9.17, 15) is 9.90 Å². The fourth-order valence-corrected chi connectivity index (χ4v) is 4.79. The van der Waals surface area contributed by atoms with Gasteiger partial charge in [0.05, 0.1) is 7.11 Å². The number of piperidine rings is 2. The number of methoxy groups -OCH3 is 1. The van der Waals surface area contributed by atoms with Gasteiger partial charge in [-0.15, -0.1) is 0 Å². The van der Waals surface area contributed by atoms with E-state index >= 15 is 0 Å². The molecule has 1 N–H and O–H groups in total. The Hall–Kier alpha value is -1.75. The number of aromatic hydroxyl groups is 1. The van der Waals surface area contributed by atoms with Crippen LogP contribution in [0.3, 0.4) is 0 Å². The van der Waals surface area contributed by atoms with Crippen LogP contribution < -0.4 is 0 Å². The van der Waals surface area contributed by atoms with E-state index in [-0.39, 0.29) is 12.1 Å². The lowest BCUT2D eigenvalue weighted by Crippen LogP contribution is -2.57. The van der Waals surface area contributed by atoms with Crippen molar-refractivity contribution in [2.75, 3.05) is 26.7 Å². The predicted molar refractivity (Wildman–Crippen MR) is 86.4 cm³/mol. The lowest BCUT2D eigenvalue weighted by molar-refractivity contribution is -0.00842. The first-order chi connectivity index (χ1) is 11.2. The number of phenols is 1. The molecule has 0 spiro atoms. The van der Waals surface area contributed by atoms with Gasteiger partial charge >= 0.3 is 6.09 Å². The molecule has 1 aromatic carbocycles. The first-order valence-corrected chi connectivity index (χ1v) is 8.58. The van der Waals surface area contributed by atoms with E-state index in [1.165, 1.54) is 24.7 Å². The van der Waals surface area contributed by atoms with Crippen LogP contribution in [0.1, 0.15) is 36.4 Å². The maximum atomic E-state index is 12.1. The Labute approximate surface area is 136 Å². The Kier molecular flexibility index (Phi) is 3.68. The highest BCUT2D eigenvalue weighted by atomic mass is 16.5. The molecule has 5 nitrogen and oxygen atoms in total. The molecular weight excluding hydrogens is 292 g/mol. The standard InChI is InChI=1S/C18H24N2O3/c1-23-18(22)20-7-2-3-13-11-19-8-6-12-9-14(21)4-5-15(12)17(19)10-16(13)20/h4-5,9,13,16-17,21H,2-3,6-8,10-11H2,1H3. The molecule has 1 amide bonds. The molecule has 2 fully saturated rings. The number of hydrogen-bond donors (Lipinski definition) is 1. The second-order valence-electron chi connectivity index (χ2n) is 7.01. The van der Waals surface area contributed by atoms with Crippen LogP contribution in [0.15, 0.2) is 18.2 Å². The van der Waals surface area contributed by atoms with Crippen LogP contribution >= 0.6 is 0 Å². The summed E-state index contributed by atoms with van der Waals surface area (Å²) in [7, 11) is 1.47. The van der Waals surface area contributed by atoms with Crippen LogP contribution in [-0.2, 0) is 11.2 Å².